The number of anilines is 1. The van der Waals surface area contributed by atoms with Gasteiger partial charge in [0.25, 0.3) is 5.91 Å². The number of carbonyl (C=O) groups excluding carboxylic acids is 1. The van der Waals surface area contributed by atoms with Crippen molar-refractivity contribution in [3.05, 3.63) is 51.9 Å². The van der Waals surface area contributed by atoms with Crippen LogP contribution in [0.4, 0.5) is 5.69 Å². The first-order valence-corrected chi connectivity index (χ1v) is 6.91. The van der Waals surface area contributed by atoms with E-state index in [9.17, 15) is 4.79 Å². The Morgan fingerprint density at radius 3 is 2.95 bits per heavy atom. The zero-order chi connectivity index (χ0) is 13.2. The predicted molar refractivity (Wildman–Crippen MR) is 76.2 cm³/mol. The summed E-state index contributed by atoms with van der Waals surface area (Å²) in [7, 11) is 0. The molecule has 1 aromatic carbocycles. The third-order valence-corrected chi connectivity index (χ3v) is 3.57. The molecule has 98 valence electrons. The number of fused-ring (bicyclic) bond motifs is 1. The summed E-state index contributed by atoms with van der Waals surface area (Å²) in [6.45, 7) is 1.87. The maximum Gasteiger partial charge on any atom is 0.291 e. The van der Waals surface area contributed by atoms with Crippen LogP contribution in [-0.2, 0) is 13.0 Å². The largest absolute Gasteiger partial charge is 0.444 e. The molecule has 4 nitrogen and oxygen atoms in total. The molecule has 0 radical (unpaired) electrons. The number of halogens is 1. The van der Waals surface area contributed by atoms with Crippen LogP contribution in [0.1, 0.15) is 21.7 Å². The van der Waals surface area contributed by atoms with Crippen LogP contribution >= 0.6 is 15.9 Å². The molecular formula is C14H13BrN2O2. The lowest BCUT2D eigenvalue weighted by molar-refractivity contribution is 0.0995. The highest BCUT2D eigenvalue weighted by Gasteiger charge is 2.13. The molecule has 0 unspecified atom stereocenters. The van der Waals surface area contributed by atoms with Crippen molar-refractivity contribution in [2.45, 2.75) is 13.0 Å². The molecule has 3 rings (SSSR count). The summed E-state index contributed by atoms with van der Waals surface area (Å²) >= 11 is 3.18. The fourth-order valence-electron chi connectivity index (χ4n) is 2.19. The van der Waals surface area contributed by atoms with E-state index in [2.05, 4.69) is 32.6 Å². The van der Waals surface area contributed by atoms with Gasteiger partial charge in [0.05, 0.1) is 0 Å². The van der Waals surface area contributed by atoms with Gasteiger partial charge >= 0.3 is 0 Å². The molecule has 0 spiro atoms. The van der Waals surface area contributed by atoms with Crippen molar-refractivity contribution in [1.82, 2.24) is 5.32 Å². The summed E-state index contributed by atoms with van der Waals surface area (Å²) < 4.78 is 5.77. The quantitative estimate of drug-likeness (QED) is 0.894. The van der Waals surface area contributed by atoms with E-state index in [4.69, 9.17) is 4.42 Å². The maximum absolute atomic E-state index is 12.0. The second kappa shape index (κ2) is 5.19. The first-order valence-electron chi connectivity index (χ1n) is 6.11. The third-order valence-electron chi connectivity index (χ3n) is 3.15. The van der Waals surface area contributed by atoms with Crippen LogP contribution in [0.5, 0.6) is 0 Å². The molecular weight excluding hydrogens is 308 g/mol. The Labute approximate surface area is 119 Å². The molecule has 19 heavy (non-hydrogen) atoms. The van der Waals surface area contributed by atoms with Crippen LogP contribution in [0.25, 0.3) is 0 Å². The Balaban J connectivity index is 1.78. The molecule has 0 bridgehead atoms. The van der Waals surface area contributed by atoms with Crippen LogP contribution in [0, 0.1) is 0 Å². The Morgan fingerprint density at radius 2 is 2.16 bits per heavy atom. The van der Waals surface area contributed by atoms with Gasteiger partial charge in [0.15, 0.2) is 10.4 Å². The first-order chi connectivity index (χ1) is 9.22. The number of benzene rings is 1. The van der Waals surface area contributed by atoms with Gasteiger partial charge in [-0.05, 0) is 64.3 Å². The molecule has 1 amide bonds. The van der Waals surface area contributed by atoms with Gasteiger partial charge in [0.2, 0.25) is 0 Å². The molecule has 1 aliphatic heterocycles. The number of hydrogen-bond donors (Lipinski definition) is 2. The van der Waals surface area contributed by atoms with Crippen molar-refractivity contribution in [3.8, 4) is 0 Å². The molecule has 0 aliphatic carbocycles. The van der Waals surface area contributed by atoms with E-state index in [0.717, 1.165) is 25.2 Å². The van der Waals surface area contributed by atoms with E-state index in [-0.39, 0.29) is 5.91 Å². The Kier molecular flexibility index (Phi) is 3.40. The minimum atomic E-state index is -0.241. The van der Waals surface area contributed by atoms with Gasteiger partial charge < -0.3 is 15.1 Å². The minimum Gasteiger partial charge on any atom is -0.444 e. The van der Waals surface area contributed by atoms with E-state index in [0.29, 0.717) is 10.4 Å². The van der Waals surface area contributed by atoms with Crippen molar-refractivity contribution >= 4 is 27.5 Å². The van der Waals surface area contributed by atoms with E-state index in [1.165, 1.54) is 11.1 Å². The molecule has 2 aromatic rings. The molecule has 0 atom stereocenters. The van der Waals surface area contributed by atoms with Gasteiger partial charge in [0, 0.05) is 12.2 Å². The topological polar surface area (TPSA) is 54.3 Å². The van der Waals surface area contributed by atoms with Gasteiger partial charge in [-0.1, -0.05) is 6.07 Å². The van der Waals surface area contributed by atoms with Crippen LogP contribution in [0.15, 0.2) is 39.4 Å². The van der Waals surface area contributed by atoms with Crippen LogP contribution in [-0.4, -0.2) is 12.5 Å². The maximum atomic E-state index is 12.0. The number of rotatable bonds is 2. The standard InChI is InChI=1S/C14H13BrN2O2/c15-13-4-3-12(19-13)14(18)17-11-2-1-9-5-6-16-8-10(9)7-11/h1-4,7,16H,5-6,8H2,(H,17,18). The highest BCUT2D eigenvalue weighted by atomic mass is 79.9. The Bertz CT molecular complexity index is 622. The lowest BCUT2D eigenvalue weighted by atomic mass is 10.0. The van der Waals surface area contributed by atoms with Crippen molar-refractivity contribution in [2.24, 2.45) is 0 Å². The molecule has 0 saturated heterocycles. The summed E-state index contributed by atoms with van der Waals surface area (Å²) in [4.78, 5) is 12.0. The first kappa shape index (κ1) is 12.4. The second-order valence-corrected chi connectivity index (χ2v) is 5.25. The monoisotopic (exact) mass is 320 g/mol. The molecule has 1 aliphatic rings. The molecule has 2 N–H and O–H groups in total. The highest BCUT2D eigenvalue weighted by molar-refractivity contribution is 9.10. The van der Waals surface area contributed by atoms with Crippen molar-refractivity contribution < 1.29 is 9.21 Å². The van der Waals surface area contributed by atoms with Gasteiger partial charge in [-0.2, -0.15) is 0 Å². The normalized spacial score (nSPS) is 13.9. The zero-order valence-corrected chi connectivity index (χ0v) is 11.8. The Morgan fingerprint density at radius 1 is 1.26 bits per heavy atom. The smallest absolute Gasteiger partial charge is 0.291 e. The van der Waals surface area contributed by atoms with Crippen molar-refractivity contribution in [1.29, 1.82) is 0 Å². The molecule has 5 heteroatoms. The van der Waals surface area contributed by atoms with E-state index in [1.54, 1.807) is 12.1 Å². The molecule has 0 fully saturated rings. The lowest BCUT2D eigenvalue weighted by Gasteiger charge is -2.17. The van der Waals surface area contributed by atoms with Crippen molar-refractivity contribution in [3.63, 3.8) is 0 Å². The van der Waals surface area contributed by atoms with Gasteiger partial charge in [-0.15, -0.1) is 0 Å². The van der Waals surface area contributed by atoms with Gasteiger partial charge in [0.1, 0.15) is 0 Å². The average molecular weight is 321 g/mol. The fraction of sp³-hybridized carbons (Fsp3) is 0.214. The fourth-order valence-corrected chi connectivity index (χ4v) is 2.49. The van der Waals surface area contributed by atoms with E-state index in [1.807, 2.05) is 12.1 Å². The zero-order valence-electron chi connectivity index (χ0n) is 10.2. The van der Waals surface area contributed by atoms with Crippen LogP contribution < -0.4 is 10.6 Å². The predicted octanol–water partition coefficient (Wildman–Crippen LogP) is 2.94. The minimum absolute atomic E-state index is 0.241. The summed E-state index contributed by atoms with van der Waals surface area (Å²) in [6, 6.07) is 9.35. The van der Waals surface area contributed by atoms with Crippen LogP contribution in [0.2, 0.25) is 0 Å². The highest BCUT2D eigenvalue weighted by Crippen LogP contribution is 2.20. The van der Waals surface area contributed by atoms with Crippen molar-refractivity contribution in [2.75, 3.05) is 11.9 Å². The Hall–Kier alpha value is -1.59. The number of hydrogen-bond acceptors (Lipinski definition) is 3. The summed E-state index contributed by atoms with van der Waals surface area (Å²) in [6.07, 6.45) is 1.04. The molecule has 1 aromatic heterocycles. The second-order valence-electron chi connectivity index (χ2n) is 4.47. The third kappa shape index (κ3) is 2.72. The number of nitrogens with one attached hydrogen (secondary N) is 2. The van der Waals surface area contributed by atoms with Gasteiger partial charge in [-0.3, -0.25) is 4.79 Å². The number of furan rings is 1. The molecule has 2 heterocycles. The lowest BCUT2D eigenvalue weighted by Crippen LogP contribution is -2.23. The number of carbonyl (C=O) groups is 1. The summed E-state index contributed by atoms with van der Waals surface area (Å²) in [5, 5.41) is 6.16. The SMILES string of the molecule is O=C(Nc1ccc2c(c1)CNCC2)c1ccc(Br)o1. The average Bonchev–Trinajstić information content (AvgIpc) is 2.85. The number of amides is 1. The van der Waals surface area contributed by atoms with E-state index >= 15 is 0 Å². The summed E-state index contributed by atoms with van der Waals surface area (Å²) in [5.74, 6) is 0.0529. The van der Waals surface area contributed by atoms with E-state index < -0.39 is 0 Å². The molecule has 0 saturated carbocycles. The van der Waals surface area contributed by atoms with Crippen LogP contribution in [0.3, 0.4) is 0 Å². The van der Waals surface area contributed by atoms with Gasteiger partial charge in [-0.25, -0.2) is 0 Å². The summed E-state index contributed by atoms with van der Waals surface area (Å²) in [5.41, 5.74) is 3.38.